The van der Waals surface area contributed by atoms with E-state index in [1.807, 2.05) is 51.1 Å². The molecule has 5 nitrogen and oxygen atoms in total. The zero-order valence-electron chi connectivity index (χ0n) is 15.6. The molecule has 0 aliphatic heterocycles. The first-order valence-corrected chi connectivity index (χ1v) is 10.1. The maximum Gasteiger partial charge on any atom is 0.297 e. The highest BCUT2D eigenvalue weighted by Gasteiger charge is 2.43. The Hall–Kier alpha value is -1.73. The molecular formula is C20H26O5S. The molecule has 0 aliphatic rings. The number of hydrogen-bond acceptors (Lipinski definition) is 5. The Morgan fingerprint density at radius 2 is 1.46 bits per heavy atom. The van der Waals surface area contributed by atoms with Crippen molar-refractivity contribution in [1.82, 2.24) is 0 Å². The highest BCUT2D eigenvalue weighted by atomic mass is 32.2. The van der Waals surface area contributed by atoms with Gasteiger partial charge in [-0.25, -0.2) is 0 Å². The SMILES string of the molecule is CCOC(OCC)(c1ccccc1)C(C)OS(=O)(=O)c1ccc(C)cc1. The van der Waals surface area contributed by atoms with Crippen LogP contribution in [0.15, 0.2) is 59.5 Å². The minimum Gasteiger partial charge on any atom is -0.344 e. The van der Waals surface area contributed by atoms with Crippen LogP contribution in [0.4, 0.5) is 0 Å². The highest BCUT2D eigenvalue weighted by molar-refractivity contribution is 7.86. The predicted molar refractivity (Wildman–Crippen MR) is 100 cm³/mol. The molecule has 0 saturated carbocycles. The average Bonchev–Trinajstić information content (AvgIpc) is 2.62. The maximum absolute atomic E-state index is 12.7. The third kappa shape index (κ3) is 4.51. The van der Waals surface area contributed by atoms with Gasteiger partial charge in [-0.2, -0.15) is 8.42 Å². The second kappa shape index (κ2) is 8.77. The summed E-state index contributed by atoms with van der Waals surface area (Å²) in [5.41, 5.74) is 1.68. The van der Waals surface area contributed by atoms with Gasteiger partial charge in [-0.3, -0.25) is 4.18 Å². The molecule has 0 fully saturated rings. The molecule has 2 aromatic rings. The standard InChI is InChI=1S/C20H26O5S/c1-5-23-20(24-6-2,18-10-8-7-9-11-18)17(4)25-26(21,22)19-14-12-16(3)13-15-19/h7-15,17H,5-6H2,1-4H3. The van der Waals surface area contributed by atoms with Gasteiger partial charge >= 0.3 is 0 Å². The average molecular weight is 378 g/mol. The largest absolute Gasteiger partial charge is 0.344 e. The van der Waals surface area contributed by atoms with Gasteiger partial charge in [0.1, 0.15) is 6.10 Å². The summed E-state index contributed by atoms with van der Waals surface area (Å²) in [7, 11) is -3.96. The molecule has 0 saturated heterocycles. The molecule has 0 heterocycles. The summed E-state index contributed by atoms with van der Waals surface area (Å²) in [6, 6.07) is 15.8. The predicted octanol–water partition coefficient (Wildman–Crippen LogP) is 4.01. The van der Waals surface area contributed by atoms with E-state index in [0.717, 1.165) is 5.56 Å². The second-order valence-electron chi connectivity index (χ2n) is 5.91. The molecule has 0 amide bonds. The summed E-state index contributed by atoms with van der Waals surface area (Å²) >= 11 is 0. The fraction of sp³-hybridized carbons (Fsp3) is 0.400. The maximum atomic E-state index is 12.7. The van der Waals surface area contributed by atoms with Crippen molar-refractivity contribution in [1.29, 1.82) is 0 Å². The molecule has 0 aliphatic carbocycles. The zero-order valence-corrected chi connectivity index (χ0v) is 16.5. The van der Waals surface area contributed by atoms with Crippen LogP contribution in [0, 0.1) is 6.92 Å². The topological polar surface area (TPSA) is 61.8 Å². The number of aryl methyl sites for hydroxylation is 1. The smallest absolute Gasteiger partial charge is 0.297 e. The van der Waals surface area contributed by atoms with Crippen LogP contribution in [0.3, 0.4) is 0 Å². The molecule has 142 valence electrons. The van der Waals surface area contributed by atoms with Gasteiger partial charge < -0.3 is 9.47 Å². The first-order valence-electron chi connectivity index (χ1n) is 8.69. The van der Waals surface area contributed by atoms with E-state index >= 15 is 0 Å². The first kappa shape index (κ1) is 20.6. The molecule has 6 heteroatoms. The Labute approximate surface area is 156 Å². The van der Waals surface area contributed by atoms with Crippen molar-refractivity contribution in [3.8, 4) is 0 Å². The van der Waals surface area contributed by atoms with Crippen molar-refractivity contribution in [2.75, 3.05) is 13.2 Å². The fourth-order valence-corrected chi connectivity index (χ4v) is 3.88. The number of hydrogen-bond donors (Lipinski definition) is 0. The quantitative estimate of drug-likeness (QED) is 0.487. The van der Waals surface area contributed by atoms with Crippen LogP contribution < -0.4 is 0 Å². The van der Waals surface area contributed by atoms with E-state index in [1.54, 1.807) is 19.1 Å². The van der Waals surface area contributed by atoms with Crippen molar-refractivity contribution in [3.05, 3.63) is 65.7 Å². The van der Waals surface area contributed by atoms with Crippen LogP contribution in [0.2, 0.25) is 0 Å². The normalized spacial score (nSPS) is 13.5. The van der Waals surface area contributed by atoms with E-state index in [9.17, 15) is 8.42 Å². The van der Waals surface area contributed by atoms with Gasteiger partial charge in [-0.1, -0.05) is 48.0 Å². The summed E-state index contributed by atoms with van der Waals surface area (Å²) in [4.78, 5) is 0.102. The molecule has 0 N–H and O–H groups in total. The lowest BCUT2D eigenvalue weighted by molar-refractivity contribution is -0.280. The molecule has 0 radical (unpaired) electrons. The Morgan fingerprint density at radius 3 is 1.96 bits per heavy atom. The fourth-order valence-electron chi connectivity index (χ4n) is 2.79. The zero-order chi connectivity index (χ0) is 19.2. The molecule has 0 aromatic heterocycles. The second-order valence-corrected chi connectivity index (χ2v) is 7.48. The molecule has 0 spiro atoms. The molecule has 26 heavy (non-hydrogen) atoms. The third-order valence-corrected chi connectivity index (χ3v) is 5.40. The molecule has 2 aromatic carbocycles. The van der Waals surface area contributed by atoms with Gasteiger partial charge in [0.15, 0.2) is 0 Å². The van der Waals surface area contributed by atoms with E-state index in [-0.39, 0.29) is 4.90 Å². The van der Waals surface area contributed by atoms with Gasteiger partial charge in [-0.15, -0.1) is 0 Å². The van der Waals surface area contributed by atoms with Crippen LogP contribution >= 0.6 is 0 Å². The van der Waals surface area contributed by atoms with Crippen molar-refractivity contribution >= 4 is 10.1 Å². The van der Waals surface area contributed by atoms with Crippen LogP contribution in [-0.2, 0) is 29.6 Å². The lowest BCUT2D eigenvalue weighted by Crippen LogP contribution is -2.45. The summed E-state index contributed by atoms with van der Waals surface area (Å²) in [5, 5.41) is 0. The monoisotopic (exact) mass is 378 g/mol. The van der Waals surface area contributed by atoms with Crippen LogP contribution in [-0.4, -0.2) is 27.7 Å². The van der Waals surface area contributed by atoms with Crippen molar-refractivity contribution in [2.24, 2.45) is 0 Å². The molecule has 2 rings (SSSR count). The minimum absolute atomic E-state index is 0.102. The van der Waals surface area contributed by atoms with Gasteiger partial charge in [0.2, 0.25) is 5.79 Å². The van der Waals surface area contributed by atoms with E-state index in [4.69, 9.17) is 13.7 Å². The summed E-state index contributed by atoms with van der Waals surface area (Å²) in [6.45, 7) is 7.88. The Balaban J connectivity index is 2.40. The first-order chi connectivity index (χ1) is 12.4. The van der Waals surface area contributed by atoms with E-state index in [0.29, 0.717) is 18.8 Å². The van der Waals surface area contributed by atoms with Gasteiger partial charge in [0, 0.05) is 18.8 Å². The Bertz CT molecular complexity index is 779. The third-order valence-electron chi connectivity index (χ3n) is 4.01. The van der Waals surface area contributed by atoms with E-state index < -0.39 is 22.0 Å². The number of rotatable bonds is 9. The van der Waals surface area contributed by atoms with E-state index in [2.05, 4.69) is 0 Å². The Kier molecular flexibility index (Phi) is 6.94. The van der Waals surface area contributed by atoms with Crippen molar-refractivity contribution in [2.45, 2.75) is 44.5 Å². The highest BCUT2D eigenvalue weighted by Crippen LogP contribution is 2.34. The van der Waals surface area contributed by atoms with Gasteiger partial charge in [0.05, 0.1) is 4.90 Å². The summed E-state index contributed by atoms with van der Waals surface area (Å²) in [5.74, 6) is -1.32. The van der Waals surface area contributed by atoms with Gasteiger partial charge in [0.25, 0.3) is 10.1 Å². The number of benzene rings is 2. The van der Waals surface area contributed by atoms with Crippen LogP contribution in [0.5, 0.6) is 0 Å². The van der Waals surface area contributed by atoms with Crippen molar-refractivity contribution < 1.29 is 22.1 Å². The number of ether oxygens (including phenoxy) is 2. The minimum atomic E-state index is -3.96. The van der Waals surface area contributed by atoms with E-state index in [1.165, 1.54) is 12.1 Å². The van der Waals surface area contributed by atoms with Crippen molar-refractivity contribution in [3.63, 3.8) is 0 Å². The molecule has 1 atom stereocenters. The molecule has 0 bridgehead atoms. The summed E-state index contributed by atoms with van der Waals surface area (Å²) < 4.78 is 42.7. The van der Waals surface area contributed by atoms with Gasteiger partial charge in [-0.05, 0) is 39.8 Å². The van der Waals surface area contributed by atoms with Crippen LogP contribution in [0.25, 0.3) is 0 Å². The lowest BCUT2D eigenvalue weighted by atomic mass is 10.0. The van der Waals surface area contributed by atoms with Crippen LogP contribution in [0.1, 0.15) is 31.9 Å². The summed E-state index contributed by atoms with van der Waals surface area (Å²) in [6.07, 6.45) is -0.892. The lowest BCUT2D eigenvalue weighted by Gasteiger charge is -2.37. The molecular weight excluding hydrogens is 352 g/mol. The Morgan fingerprint density at radius 1 is 0.923 bits per heavy atom. The molecule has 1 unspecified atom stereocenters.